The van der Waals surface area contributed by atoms with Crippen molar-refractivity contribution in [2.75, 3.05) is 5.32 Å². The molecule has 0 spiro atoms. The summed E-state index contributed by atoms with van der Waals surface area (Å²) in [6.07, 6.45) is -1.35. The van der Waals surface area contributed by atoms with Crippen LogP contribution >= 0.6 is 11.6 Å². The molecule has 1 amide bonds. The van der Waals surface area contributed by atoms with E-state index in [0.29, 0.717) is 21.8 Å². The van der Waals surface area contributed by atoms with E-state index in [0.717, 1.165) is 24.5 Å². The Morgan fingerprint density at radius 2 is 1.94 bits per heavy atom. The number of nitrogens with one attached hydrogen (secondary N) is 1. The maximum absolute atomic E-state index is 13.5. The summed E-state index contributed by atoms with van der Waals surface area (Å²) in [7, 11) is 0. The molecule has 3 heterocycles. The fourth-order valence-corrected chi connectivity index (χ4v) is 3.59. The number of amides is 1. The minimum Gasteiger partial charge on any atom is -0.304 e. The first-order chi connectivity index (χ1) is 15.3. The van der Waals surface area contributed by atoms with Gasteiger partial charge in [0.05, 0.1) is 6.54 Å². The average molecular weight is 461 g/mol. The lowest BCUT2D eigenvalue weighted by molar-refractivity contribution is -0.142. The first kappa shape index (κ1) is 20.5. The Bertz CT molecular complexity index is 1320. The van der Waals surface area contributed by atoms with Crippen LogP contribution in [0, 0.1) is 0 Å². The molecule has 1 fully saturated rings. The van der Waals surface area contributed by atoms with Crippen LogP contribution in [-0.2, 0) is 12.7 Å². The molecule has 0 aliphatic heterocycles. The molecule has 1 aliphatic rings. The fourth-order valence-electron chi connectivity index (χ4n) is 3.39. The van der Waals surface area contributed by atoms with Gasteiger partial charge in [-0.3, -0.25) is 9.48 Å². The number of carbonyl (C=O) groups excluding carboxylic acids is 1. The number of benzene rings is 1. The number of alkyl halides is 3. The monoisotopic (exact) mass is 460 g/mol. The third kappa shape index (κ3) is 4.05. The van der Waals surface area contributed by atoms with E-state index in [2.05, 4.69) is 20.5 Å². The van der Waals surface area contributed by atoms with E-state index in [9.17, 15) is 18.0 Å². The smallest absolute Gasteiger partial charge is 0.304 e. The van der Waals surface area contributed by atoms with Crippen molar-refractivity contribution in [3.8, 4) is 0 Å². The van der Waals surface area contributed by atoms with Crippen LogP contribution < -0.4 is 5.32 Å². The topological polar surface area (TPSA) is 77.1 Å². The van der Waals surface area contributed by atoms with Crippen LogP contribution in [-0.4, -0.2) is 30.3 Å². The average Bonchev–Trinajstić information content (AvgIpc) is 3.35. The second kappa shape index (κ2) is 7.63. The Balaban J connectivity index is 1.38. The summed E-state index contributed by atoms with van der Waals surface area (Å²) < 4.78 is 42.9. The van der Waals surface area contributed by atoms with Crippen LogP contribution in [0.2, 0.25) is 5.02 Å². The molecule has 0 bridgehead atoms. The molecule has 1 aromatic carbocycles. The summed E-state index contributed by atoms with van der Waals surface area (Å²) in [5.74, 6) is -0.420. The van der Waals surface area contributed by atoms with Gasteiger partial charge in [0.25, 0.3) is 5.91 Å². The number of hydrogen-bond acceptors (Lipinski definition) is 4. The second-order valence-corrected chi connectivity index (χ2v) is 7.99. The van der Waals surface area contributed by atoms with Gasteiger partial charge in [0.15, 0.2) is 17.2 Å². The number of aromatic nitrogens is 5. The van der Waals surface area contributed by atoms with E-state index in [1.807, 2.05) is 18.2 Å². The normalized spacial score (nSPS) is 14.1. The van der Waals surface area contributed by atoms with E-state index in [1.54, 1.807) is 23.0 Å². The number of hydrogen-bond donors (Lipinski definition) is 1. The third-order valence-corrected chi connectivity index (χ3v) is 5.51. The molecule has 5 rings (SSSR count). The molecule has 0 atom stereocenters. The van der Waals surface area contributed by atoms with E-state index < -0.39 is 17.8 Å². The Morgan fingerprint density at radius 1 is 1.16 bits per heavy atom. The molecule has 1 aliphatic carbocycles. The summed E-state index contributed by atoms with van der Waals surface area (Å²) in [4.78, 5) is 16.9. The van der Waals surface area contributed by atoms with Gasteiger partial charge < -0.3 is 5.32 Å². The zero-order valence-electron chi connectivity index (χ0n) is 16.5. The lowest BCUT2D eigenvalue weighted by Crippen LogP contribution is -2.16. The minimum absolute atomic E-state index is 0.0175. The molecule has 4 aromatic rings. The largest absolute Gasteiger partial charge is 0.433 e. The molecule has 0 unspecified atom stereocenters. The molecule has 1 saturated carbocycles. The second-order valence-electron chi connectivity index (χ2n) is 7.58. The number of carbonyl (C=O) groups is 1. The van der Waals surface area contributed by atoms with Crippen molar-refractivity contribution in [3.05, 3.63) is 76.3 Å². The van der Waals surface area contributed by atoms with Crippen molar-refractivity contribution in [2.45, 2.75) is 31.5 Å². The molecule has 0 radical (unpaired) electrons. The van der Waals surface area contributed by atoms with Gasteiger partial charge in [0.2, 0.25) is 0 Å². The highest BCUT2D eigenvalue weighted by molar-refractivity contribution is 6.31. The molecule has 32 heavy (non-hydrogen) atoms. The van der Waals surface area contributed by atoms with Crippen LogP contribution in [0.1, 0.15) is 46.2 Å². The van der Waals surface area contributed by atoms with Crippen LogP contribution in [0.4, 0.5) is 19.0 Å². The summed E-state index contributed by atoms with van der Waals surface area (Å²) in [5, 5.41) is 11.3. The first-order valence-corrected chi connectivity index (χ1v) is 10.2. The van der Waals surface area contributed by atoms with Gasteiger partial charge in [0.1, 0.15) is 5.69 Å². The Hall–Kier alpha value is -3.40. The molecular weight excluding hydrogens is 445 g/mol. The van der Waals surface area contributed by atoms with E-state index in [1.165, 1.54) is 6.07 Å². The van der Waals surface area contributed by atoms with E-state index in [-0.39, 0.29) is 23.1 Å². The fraction of sp³-hybridized carbons (Fsp3) is 0.238. The van der Waals surface area contributed by atoms with Crippen molar-refractivity contribution in [3.63, 3.8) is 0 Å². The molecule has 7 nitrogen and oxygen atoms in total. The molecule has 1 N–H and O–H groups in total. The van der Waals surface area contributed by atoms with Gasteiger partial charge in [-0.15, -0.1) is 0 Å². The molecule has 11 heteroatoms. The molecular formula is C21H16ClF3N6O. The summed E-state index contributed by atoms with van der Waals surface area (Å²) in [6, 6.07) is 11.1. The Morgan fingerprint density at radius 3 is 2.66 bits per heavy atom. The predicted molar refractivity (Wildman–Crippen MR) is 111 cm³/mol. The maximum Gasteiger partial charge on any atom is 0.433 e. The van der Waals surface area contributed by atoms with Gasteiger partial charge in [-0.25, -0.2) is 9.50 Å². The number of fused-ring (bicyclic) bond motifs is 1. The maximum atomic E-state index is 13.5. The predicted octanol–water partition coefficient (Wildman–Crippen LogP) is 4.78. The first-order valence-electron chi connectivity index (χ1n) is 9.84. The lowest BCUT2D eigenvalue weighted by atomic mass is 10.2. The highest BCUT2D eigenvalue weighted by Crippen LogP contribution is 2.41. The summed E-state index contributed by atoms with van der Waals surface area (Å²) in [5.41, 5.74) is 0.0721. The van der Waals surface area contributed by atoms with Crippen molar-refractivity contribution < 1.29 is 18.0 Å². The van der Waals surface area contributed by atoms with Crippen LogP contribution in [0.3, 0.4) is 0 Å². The van der Waals surface area contributed by atoms with Gasteiger partial charge in [-0.2, -0.15) is 23.4 Å². The zero-order valence-corrected chi connectivity index (χ0v) is 17.2. The van der Waals surface area contributed by atoms with Crippen molar-refractivity contribution in [2.24, 2.45) is 0 Å². The summed E-state index contributed by atoms with van der Waals surface area (Å²) >= 11 is 6.16. The number of halogens is 4. The minimum atomic E-state index is -4.62. The standard InChI is InChI=1S/C21H16ClF3N6O/c22-14-4-2-1-3-13(14)11-30-8-7-18(29-30)27-20(32)16-10-19-26-15(12-5-6-12)9-17(21(23,24)25)31(19)28-16/h1-4,7-10,12H,5-6,11H2,(H,27,29,32). The number of rotatable bonds is 5. The zero-order chi connectivity index (χ0) is 22.5. The lowest BCUT2D eigenvalue weighted by Gasteiger charge is -2.10. The quantitative estimate of drug-likeness (QED) is 0.465. The van der Waals surface area contributed by atoms with Gasteiger partial charge in [0, 0.05) is 35.0 Å². The number of anilines is 1. The number of nitrogens with zero attached hydrogens (tertiary/aromatic N) is 5. The van der Waals surface area contributed by atoms with Gasteiger partial charge in [-0.05, 0) is 30.5 Å². The Kier molecular flexibility index (Phi) is 4.89. The molecule has 3 aromatic heterocycles. The molecule has 164 valence electrons. The highest BCUT2D eigenvalue weighted by Gasteiger charge is 2.37. The van der Waals surface area contributed by atoms with E-state index in [4.69, 9.17) is 11.6 Å². The highest BCUT2D eigenvalue weighted by atomic mass is 35.5. The summed E-state index contributed by atoms with van der Waals surface area (Å²) in [6.45, 7) is 0.396. The van der Waals surface area contributed by atoms with E-state index >= 15 is 0 Å². The van der Waals surface area contributed by atoms with Crippen molar-refractivity contribution in [1.82, 2.24) is 24.4 Å². The van der Waals surface area contributed by atoms with Gasteiger partial charge >= 0.3 is 6.18 Å². The van der Waals surface area contributed by atoms with Crippen LogP contribution in [0.5, 0.6) is 0 Å². The van der Waals surface area contributed by atoms with Gasteiger partial charge in [-0.1, -0.05) is 29.8 Å². The Labute approximate surface area is 184 Å². The van der Waals surface area contributed by atoms with Crippen LogP contribution in [0.15, 0.2) is 48.7 Å². The SMILES string of the molecule is O=C(Nc1ccn(Cc2ccccc2Cl)n1)c1cc2nc(C3CC3)cc(C(F)(F)F)n2n1. The van der Waals surface area contributed by atoms with Crippen molar-refractivity contribution >= 4 is 29.0 Å². The van der Waals surface area contributed by atoms with Crippen LogP contribution in [0.25, 0.3) is 5.65 Å². The molecule has 0 saturated heterocycles. The third-order valence-electron chi connectivity index (χ3n) is 5.14. The van der Waals surface area contributed by atoms with Crippen molar-refractivity contribution in [1.29, 1.82) is 0 Å².